The first kappa shape index (κ1) is 25.6. The minimum atomic E-state index is -0.727. The van der Waals surface area contributed by atoms with Gasteiger partial charge in [0.25, 0.3) is 5.91 Å². The Kier molecular flexibility index (Phi) is 9.80. The van der Waals surface area contributed by atoms with Crippen molar-refractivity contribution in [2.75, 3.05) is 13.2 Å². The molecule has 2 amide bonds. The van der Waals surface area contributed by atoms with E-state index in [1.54, 1.807) is 41.3 Å². The van der Waals surface area contributed by atoms with Crippen LogP contribution in [0.1, 0.15) is 24.5 Å². The molecule has 0 radical (unpaired) electrons. The molecule has 0 saturated carbocycles. The minimum Gasteiger partial charge on any atom is -0.482 e. The molecule has 0 heterocycles. The highest BCUT2D eigenvalue weighted by molar-refractivity contribution is 6.32. The zero-order chi connectivity index (χ0) is 24.3. The van der Waals surface area contributed by atoms with Gasteiger partial charge in [-0.05, 0) is 41.8 Å². The Balaban J connectivity index is 1.90. The molecule has 3 aromatic rings. The summed E-state index contributed by atoms with van der Waals surface area (Å²) in [5.74, 6) is -0.124. The molecule has 0 bridgehead atoms. The summed E-state index contributed by atoms with van der Waals surface area (Å²) >= 11 is 12.4. The Labute approximate surface area is 210 Å². The molecule has 0 unspecified atom stereocenters. The topological polar surface area (TPSA) is 58.6 Å². The van der Waals surface area contributed by atoms with E-state index < -0.39 is 6.04 Å². The number of rotatable bonds is 11. The van der Waals surface area contributed by atoms with Crippen LogP contribution in [-0.4, -0.2) is 35.9 Å². The van der Waals surface area contributed by atoms with E-state index in [0.717, 1.165) is 17.5 Å². The zero-order valence-electron chi connectivity index (χ0n) is 19.0. The number of amides is 2. The maximum absolute atomic E-state index is 13.5. The van der Waals surface area contributed by atoms with Crippen LogP contribution in [0.4, 0.5) is 0 Å². The molecule has 3 aromatic carbocycles. The number of hydrogen-bond acceptors (Lipinski definition) is 3. The van der Waals surface area contributed by atoms with Crippen LogP contribution in [0.5, 0.6) is 5.75 Å². The van der Waals surface area contributed by atoms with Gasteiger partial charge < -0.3 is 15.0 Å². The van der Waals surface area contributed by atoms with E-state index in [1.165, 1.54) is 0 Å². The summed E-state index contributed by atoms with van der Waals surface area (Å²) in [5, 5.41) is 3.92. The Hall–Kier alpha value is -3.02. The molecule has 3 rings (SSSR count). The van der Waals surface area contributed by atoms with Gasteiger partial charge in [-0.2, -0.15) is 0 Å². The Morgan fingerprint density at radius 2 is 1.65 bits per heavy atom. The van der Waals surface area contributed by atoms with Crippen LogP contribution in [0.15, 0.2) is 78.9 Å². The first-order valence-corrected chi connectivity index (χ1v) is 12.0. The second-order valence-electron chi connectivity index (χ2n) is 7.87. The molecule has 0 fully saturated rings. The van der Waals surface area contributed by atoms with Gasteiger partial charge in [0.1, 0.15) is 11.8 Å². The number of para-hydroxylation sites is 1. The first-order chi connectivity index (χ1) is 16.5. The fraction of sp³-hybridized carbons (Fsp3) is 0.259. The van der Waals surface area contributed by atoms with Crippen LogP contribution in [-0.2, 0) is 22.6 Å². The first-order valence-electron chi connectivity index (χ1n) is 11.2. The number of nitrogens with zero attached hydrogens (tertiary/aromatic N) is 1. The van der Waals surface area contributed by atoms with Crippen LogP contribution < -0.4 is 10.1 Å². The standard InChI is InChI=1S/C27H28Cl2N2O3/c1-2-15-30-27(33)24(17-20-9-4-3-5-10-20)31(18-21-11-8-12-22(28)16-21)26(32)19-34-25-14-7-6-13-23(25)29/h3-14,16,24H,2,15,17-19H2,1H3,(H,30,33)/t24-/m1/s1. The van der Waals surface area contributed by atoms with Crippen LogP contribution >= 0.6 is 23.2 Å². The molecule has 7 heteroatoms. The SMILES string of the molecule is CCCNC(=O)[C@@H](Cc1ccccc1)N(Cc1cccc(Cl)c1)C(=O)COc1ccccc1Cl. The lowest BCUT2D eigenvalue weighted by atomic mass is 10.0. The van der Waals surface area contributed by atoms with Crippen molar-refractivity contribution >= 4 is 35.0 Å². The molecule has 5 nitrogen and oxygen atoms in total. The lowest BCUT2D eigenvalue weighted by Gasteiger charge is -2.31. The molecular formula is C27H28Cl2N2O3. The average Bonchev–Trinajstić information content (AvgIpc) is 2.84. The molecule has 0 saturated heterocycles. The summed E-state index contributed by atoms with van der Waals surface area (Å²) in [6, 6.07) is 23.2. The predicted molar refractivity (Wildman–Crippen MR) is 136 cm³/mol. The Morgan fingerprint density at radius 3 is 2.35 bits per heavy atom. The molecule has 178 valence electrons. The number of hydrogen-bond donors (Lipinski definition) is 1. The van der Waals surface area contributed by atoms with Gasteiger partial charge in [0.05, 0.1) is 5.02 Å². The second kappa shape index (κ2) is 13.0. The summed E-state index contributed by atoms with van der Waals surface area (Å²) in [7, 11) is 0. The van der Waals surface area contributed by atoms with Gasteiger partial charge in [-0.15, -0.1) is 0 Å². The third kappa shape index (κ3) is 7.51. The number of carbonyl (C=O) groups is 2. The molecule has 1 N–H and O–H groups in total. The van der Waals surface area contributed by atoms with Gasteiger partial charge in [0, 0.05) is 24.5 Å². The maximum Gasteiger partial charge on any atom is 0.261 e. The fourth-order valence-corrected chi connectivity index (χ4v) is 3.94. The summed E-state index contributed by atoms with van der Waals surface area (Å²) in [4.78, 5) is 28.3. The van der Waals surface area contributed by atoms with Crippen LogP contribution in [0.2, 0.25) is 10.0 Å². The highest BCUT2D eigenvalue weighted by atomic mass is 35.5. The average molecular weight is 499 g/mol. The quantitative estimate of drug-likeness (QED) is 0.377. The van der Waals surface area contributed by atoms with E-state index in [2.05, 4.69) is 5.32 Å². The molecule has 0 aliphatic heterocycles. The van der Waals surface area contributed by atoms with Crippen molar-refractivity contribution in [3.63, 3.8) is 0 Å². The third-order valence-electron chi connectivity index (χ3n) is 5.25. The van der Waals surface area contributed by atoms with Crippen LogP contribution in [0, 0.1) is 0 Å². The van der Waals surface area contributed by atoms with E-state index >= 15 is 0 Å². The zero-order valence-corrected chi connectivity index (χ0v) is 20.6. The van der Waals surface area contributed by atoms with Gasteiger partial charge in [0.2, 0.25) is 5.91 Å². The molecular weight excluding hydrogens is 471 g/mol. The van der Waals surface area contributed by atoms with Crippen molar-refractivity contribution in [1.29, 1.82) is 0 Å². The fourth-order valence-electron chi connectivity index (χ4n) is 3.54. The maximum atomic E-state index is 13.5. The minimum absolute atomic E-state index is 0.209. The van der Waals surface area contributed by atoms with Gasteiger partial charge in [-0.1, -0.05) is 84.7 Å². The van der Waals surface area contributed by atoms with Gasteiger partial charge in [0.15, 0.2) is 6.61 Å². The largest absolute Gasteiger partial charge is 0.482 e. The highest BCUT2D eigenvalue weighted by Crippen LogP contribution is 2.24. The number of benzene rings is 3. The molecule has 34 heavy (non-hydrogen) atoms. The van der Waals surface area contributed by atoms with E-state index in [4.69, 9.17) is 27.9 Å². The molecule has 0 aliphatic rings. The number of nitrogens with one attached hydrogen (secondary N) is 1. The van der Waals surface area contributed by atoms with Crippen LogP contribution in [0.3, 0.4) is 0 Å². The van der Waals surface area contributed by atoms with E-state index in [0.29, 0.717) is 28.8 Å². The van der Waals surface area contributed by atoms with E-state index in [-0.39, 0.29) is 25.0 Å². The van der Waals surface area contributed by atoms with Crippen molar-refractivity contribution in [2.24, 2.45) is 0 Å². The van der Waals surface area contributed by atoms with Crippen molar-refractivity contribution in [1.82, 2.24) is 10.2 Å². The van der Waals surface area contributed by atoms with Gasteiger partial charge in [-0.3, -0.25) is 9.59 Å². The summed E-state index contributed by atoms with van der Waals surface area (Å²) < 4.78 is 5.72. The molecule has 0 spiro atoms. The van der Waals surface area contributed by atoms with Crippen LogP contribution in [0.25, 0.3) is 0 Å². The Bertz CT molecular complexity index is 1090. The van der Waals surface area contributed by atoms with Crippen molar-refractivity contribution in [2.45, 2.75) is 32.4 Å². The molecule has 0 aromatic heterocycles. The lowest BCUT2D eigenvalue weighted by Crippen LogP contribution is -2.51. The summed E-state index contributed by atoms with van der Waals surface area (Å²) in [6.07, 6.45) is 1.16. The number of carbonyl (C=O) groups excluding carboxylic acids is 2. The Morgan fingerprint density at radius 1 is 0.941 bits per heavy atom. The third-order valence-corrected chi connectivity index (χ3v) is 5.80. The number of ether oxygens (including phenoxy) is 1. The lowest BCUT2D eigenvalue weighted by molar-refractivity contribution is -0.142. The molecule has 1 atom stereocenters. The highest BCUT2D eigenvalue weighted by Gasteiger charge is 2.30. The second-order valence-corrected chi connectivity index (χ2v) is 8.71. The molecule has 0 aliphatic carbocycles. The van der Waals surface area contributed by atoms with E-state index in [9.17, 15) is 9.59 Å². The van der Waals surface area contributed by atoms with Gasteiger partial charge >= 0.3 is 0 Å². The van der Waals surface area contributed by atoms with Crippen molar-refractivity contribution < 1.29 is 14.3 Å². The predicted octanol–water partition coefficient (Wildman–Crippen LogP) is 5.54. The smallest absolute Gasteiger partial charge is 0.261 e. The van der Waals surface area contributed by atoms with Crippen molar-refractivity contribution in [3.05, 3.63) is 100 Å². The normalized spacial score (nSPS) is 11.5. The van der Waals surface area contributed by atoms with Crippen molar-refractivity contribution in [3.8, 4) is 5.75 Å². The summed E-state index contributed by atoms with van der Waals surface area (Å²) in [6.45, 7) is 2.47. The van der Waals surface area contributed by atoms with E-state index in [1.807, 2.05) is 49.4 Å². The summed E-state index contributed by atoms with van der Waals surface area (Å²) in [5.41, 5.74) is 1.77. The monoisotopic (exact) mass is 498 g/mol. The van der Waals surface area contributed by atoms with Gasteiger partial charge in [-0.25, -0.2) is 0 Å². The number of halogens is 2.